The number of nitrogens with one attached hydrogen (secondary N) is 1. The van der Waals surface area contributed by atoms with E-state index in [4.69, 9.17) is 0 Å². The first-order chi connectivity index (χ1) is 5.97. The fourth-order valence-electron chi connectivity index (χ4n) is 0.733. The summed E-state index contributed by atoms with van der Waals surface area (Å²) in [5.41, 5.74) is 0. The lowest BCUT2D eigenvalue weighted by molar-refractivity contribution is -0.120. The summed E-state index contributed by atoms with van der Waals surface area (Å²) in [5.74, 6) is -0.625. The Hall–Kier alpha value is -1.37. The van der Waals surface area contributed by atoms with Gasteiger partial charge in [0.25, 0.3) is 5.91 Å². The number of nitrogens with zero attached hydrogens (tertiary/aromatic N) is 2. The summed E-state index contributed by atoms with van der Waals surface area (Å²) < 4.78 is 24.3. The van der Waals surface area contributed by atoms with Gasteiger partial charge in [0.05, 0.1) is 12.5 Å². The van der Waals surface area contributed by atoms with Gasteiger partial charge >= 0.3 is 0 Å². The van der Waals surface area contributed by atoms with Gasteiger partial charge in [-0.15, -0.1) is 0 Å². The maximum atomic E-state index is 11.0. The van der Waals surface area contributed by atoms with Crippen molar-refractivity contribution in [1.82, 2.24) is 14.5 Å². The number of carbonyl (C=O) groups excluding carboxylic acids is 1. The van der Waals surface area contributed by atoms with E-state index in [1.165, 1.54) is 17.1 Å². The summed E-state index contributed by atoms with van der Waals surface area (Å²) in [6.07, 6.45) is 3.75. The molecule has 1 aromatic heterocycles. The predicted octanol–water partition coefficient (Wildman–Crippen LogP) is -1.24. The largest absolute Gasteiger partial charge is 0.272 e. The van der Waals surface area contributed by atoms with Crippen molar-refractivity contribution in [1.29, 1.82) is 0 Å². The Morgan fingerprint density at radius 3 is 2.85 bits per heavy atom. The van der Waals surface area contributed by atoms with Crippen molar-refractivity contribution >= 4 is 15.9 Å². The Labute approximate surface area is 75.6 Å². The number of aromatic nitrogens is 2. The summed E-state index contributed by atoms with van der Waals surface area (Å²) in [6.45, 7) is -0.128. The van der Waals surface area contributed by atoms with Crippen LogP contribution in [0.5, 0.6) is 0 Å². The van der Waals surface area contributed by atoms with E-state index in [1.807, 2.05) is 4.72 Å². The summed E-state index contributed by atoms with van der Waals surface area (Å²) >= 11 is 0. The third kappa shape index (κ3) is 3.70. The molecule has 0 bridgehead atoms. The highest BCUT2D eigenvalue weighted by molar-refractivity contribution is 7.89. The van der Waals surface area contributed by atoms with E-state index < -0.39 is 15.9 Å². The topological polar surface area (TPSA) is 81.1 Å². The number of sulfonamides is 1. The van der Waals surface area contributed by atoms with Crippen LogP contribution in [-0.4, -0.2) is 30.4 Å². The first-order valence-corrected chi connectivity index (χ1v) is 5.25. The van der Waals surface area contributed by atoms with Crippen molar-refractivity contribution < 1.29 is 13.2 Å². The quantitative estimate of drug-likeness (QED) is 0.664. The lowest BCUT2D eigenvalue weighted by Crippen LogP contribution is -2.32. The van der Waals surface area contributed by atoms with Crippen LogP contribution in [0.1, 0.15) is 0 Å². The summed E-state index contributed by atoms with van der Waals surface area (Å²) in [6, 6.07) is 2.62. The molecule has 7 heteroatoms. The van der Waals surface area contributed by atoms with Crippen molar-refractivity contribution in [3.8, 4) is 0 Å². The molecule has 1 rings (SSSR count). The normalized spacial score (nSPS) is 11.2. The zero-order valence-corrected chi connectivity index (χ0v) is 7.71. The Morgan fingerprint density at radius 2 is 2.38 bits per heavy atom. The number of hydrogen-bond donors (Lipinski definition) is 1. The van der Waals surface area contributed by atoms with Crippen LogP contribution in [0.3, 0.4) is 0 Å². The smallest absolute Gasteiger partial charge is 0.255 e. The molecule has 0 aromatic carbocycles. The molecule has 0 aliphatic carbocycles. The van der Waals surface area contributed by atoms with E-state index in [0.29, 0.717) is 0 Å². The molecule has 71 valence electrons. The van der Waals surface area contributed by atoms with E-state index in [0.717, 1.165) is 6.26 Å². The minimum absolute atomic E-state index is 0.128. The number of amides is 1. The Kier molecular flexibility index (Phi) is 2.66. The molecule has 0 atom stereocenters. The van der Waals surface area contributed by atoms with Crippen LogP contribution in [0.25, 0.3) is 0 Å². The molecule has 0 fully saturated rings. The fraction of sp³-hybridized carbons (Fsp3) is 0.333. The molecule has 0 saturated heterocycles. The SMILES string of the molecule is CS(=O)(=O)NC(=O)Cn1c[c]cn1. The van der Waals surface area contributed by atoms with Gasteiger partial charge in [0.1, 0.15) is 6.54 Å². The highest BCUT2D eigenvalue weighted by atomic mass is 32.2. The molecular weight excluding hydrogens is 194 g/mol. The molecule has 0 aliphatic rings. The molecule has 6 nitrogen and oxygen atoms in total. The minimum Gasteiger partial charge on any atom is -0.272 e. The lowest BCUT2D eigenvalue weighted by atomic mass is 10.6. The van der Waals surface area contributed by atoms with Gasteiger partial charge in [-0.25, -0.2) is 8.42 Å². The average Bonchev–Trinajstić information content (AvgIpc) is 2.34. The van der Waals surface area contributed by atoms with Crippen molar-refractivity contribution in [2.24, 2.45) is 0 Å². The molecule has 1 aromatic rings. The van der Waals surface area contributed by atoms with Crippen molar-refractivity contribution in [3.05, 3.63) is 18.5 Å². The van der Waals surface area contributed by atoms with Crippen LogP contribution < -0.4 is 4.72 Å². The van der Waals surface area contributed by atoms with Gasteiger partial charge in [-0.05, 0) is 0 Å². The number of rotatable bonds is 3. The van der Waals surface area contributed by atoms with E-state index in [2.05, 4.69) is 11.2 Å². The standard InChI is InChI=1S/C6H8N3O3S/c1-13(11,12)8-6(10)5-9-4-2-3-7-9/h3-4H,5H2,1H3,(H,8,10). The molecule has 0 spiro atoms. The van der Waals surface area contributed by atoms with Crippen LogP contribution >= 0.6 is 0 Å². The molecule has 13 heavy (non-hydrogen) atoms. The van der Waals surface area contributed by atoms with Crippen molar-refractivity contribution in [3.63, 3.8) is 0 Å². The van der Waals surface area contributed by atoms with E-state index in [9.17, 15) is 13.2 Å². The molecule has 0 unspecified atom stereocenters. The molecule has 1 radical (unpaired) electrons. The maximum Gasteiger partial charge on any atom is 0.255 e. The van der Waals surface area contributed by atoms with Crippen molar-refractivity contribution in [2.75, 3.05) is 6.26 Å². The lowest BCUT2D eigenvalue weighted by Gasteiger charge is -2.01. The zero-order chi connectivity index (χ0) is 9.90. The molecule has 1 heterocycles. The Balaban J connectivity index is 2.53. The maximum absolute atomic E-state index is 11.0. The number of carbonyl (C=O) groups is 1. The molecule has 1 amide bonds. The first-order valence-electron chi connectivity index (χ1n) is 3.36. The van der Waals surface area contributed by atoms with Crippen LogP contribution in [0, 0.1) is 6.07 Å². The van der Waals surface area contributed by atoms with Crippen LogP contribution in [0.2, 0.25) is 0 Å². The Bertz CT molecular complexity index is 381. The molecule has 1 N–H and O–H groups in total. The third-order valence-electron chi connectivity index (χ3n) is 1.11. The van der Waals surface area contributed by atoms with E-state index >= 15 is 0 Å². The van der Waals surface area contributed by atoms with Gasteiger partial charge in [-0.1, -0.05) is 0 Å². The van der Waals surface area contributed by atoms with E-state index in [-0.39, 0.29) is 6.54 Å². The predicted molar refractivity (Wildman–Crippen MR) is 44.0 cm³/mol. The van der Waals surface area contributed by atoms with Crippen LogP contribution in [0.15, 0.2) is 12.4 Å². The second-order valence-electron chi connectivity index (χ2n) is 2.44. The second-order valence-corrected chi connectivity index (χ2v) is 4.18. The minimum atomic E-state index is -3.48. The third-order valence-corrected chi connectivity index (χ3v) is 1.71. The molecule has 0 aliphatic heterocycles. The van der Waals surface area contributed by atoms with Crippen LogP contribution in [0.4, 0.5) is 0 Å². The highest BCUT2D eigenvalue weighted by Gasteiger charge is 2.08. The summed E-state index contributed by atoms with van der Waals surface area (Å²) in [4.78, 5) is 11.0. The van der Waals surface area contributed by atoms with Crippen molar-refractivity contribution in [2.45, 2.75) is 6.54 Å². The summed E-state index contributed by atoms with van der Waals surface area (Å²) in [5, 5.41) is 3.69. The summed E-state index contributed by atoms with van der Waals surface area (Å²) in [7, 11) is -3.48. The first kappa shape index (κ1) is 9.72. The fourth-order valence-corrected chi connectivity index (χ4v) is 1.21. The van der Waals surface area contributed by atoms with Gasteiger partial charge in [0.2, 0.25) is 10.0 Å². The average molecular weight is 202 g/mol. The Morgan fingerprint density at radius 1 is 1.69 bits per heavy atom. The van der Waals surface area contributed by atoms with Gasteiger partial charge in [0.15, 0.2) is 0 Å². The molecular formula is C6H8N3O3S. The van der Waals surface area contributed by atoms with Gasteiger partial charge in [-0.2, -0.15) is 5.10 Å². The van der Waals surface area contributed by atoms with Gasteiger partial charge < -0.3 is 0 Å². The molecule has 0 saturated carbocycles. The monoisotopic (exact) mass is 202 g/mol. The van der Waals surface area contributed by atoms with Gasteiger partial charge in [0, 0.05) is 12.3 Å². The second kappa shape index (κ2) is 3.56. The highest BCUT2D eigenvalue weighted by Crippen LogP contribution is 1.84. The van der Waals surface area contributed by atoms with E-state index in [1.54, 1.807) is 0 Å². The zero-order valence-electron chi connectivity index (χ0n) is 6.89. The number of hydrogen-bond acceptors (Lipinski definition) is 4. The van der Waals surface area contributed by atoms with Gasteiger partial charge in [-0.3, -0.25) is 14.2 Å². The van der Waals surface area contributed by atoms with Crippen LogP contribution in [-0.2, 0) is 21.4 Å².